The number of ether oxygens (including phenoxy) is 1. The predicted octanol–water partition coefficient (Wildman–Crippen LogP) is 7.74. The van der Waals surface area contributed by atoms with Crippen molar-refractivity contribution in [2.75, 3.05) is 23.0 Å². The largest absolute Gasteiger partial charge is 0.457 e. The molecule has 0 saturated heterocycles. The monoisotopic (exact) mass is 488 g/mol. The molecule has 0 radical (unpaired) electrons. The lowest BCUT2D eigenvalue weighted by Gasteiger charge is -2.25. The van der Waals surface area contributed by atoms with Gasteiger partial charge in [-0.1, -0.05) is 54.6 Å². The van der Waals surface area contributed by atoms with Crippen molar-refractivity contribution in [3.05, 3.63) is 120 Å². The molecule has 0 amide bonds. The van der Waals surface area contributed by atoms with Crippen molar-refractivity contribution in [1.82, 2.24) is 4.98 Å². The Morgan fingerprint density at radius 3 is 2.19 bits per heavy atom. The zero-order valence-electron chi connectivity index (χ0n) is 21.4. The van der Waals surface area contributed by atoms with Gasteiger partial charge >= 0.3 is 0 Å². The van der Waals surface area contributed by atoms with Crippen LogP contribution in [-0.4, -0.2) is 23.8 Å². The average Bonchev–Trinajstić information content (AvgIpc) is 3.39. The molecular formula is C32H32N4O. The first-order chi connectivity index (χ1) is 18.2. The first-order valence-corrected chi connectivity index (χ1v) is 12.9. The molecule has 1 aromatic heterocycles. The van der Waals surface area contributed by atoms with E-state index < -0.39 is 0 Å². The van der Waals surface area contributed by atoms with Crippen LogP contribution in [0.5, 0.6) is 11.5 Å². The van der Waals surface area contributed by atoms with Crippen LogP contribution in [0.2, 0.25) is 0 Å². The van der Waals surface area contributed by atoms with Crippen molar-refractivity contribution in [2.45, 2.75) is 26.3 Å². The van der Waals surface area contributed by atoms with E-state index in [-0.39, 0.29) is 6.04 Å². The first kappa shape index (κ1) is 24.3. The molecule has 0 aliphatic carbocycles. The highest BCUT2D eigenvalue weighted by atomic mass is 16.5. The summed E-state index contributed by atoms with van der Waals surface area (Å²) >= 11 is 0. The Kier molecular flexibility index (Phi) is 7.60. The molecule has 1 aliphatic rings. The van der Waals surface area contributed by atoms with Crippen LogP contribution in [-0.2, 0) is 0 Å². The molecule has 4 aromatic rings. The molecule has 5 heteroatoms. The van der Waals surface area contributed by atoms with Gasteiger partial charge in [0.2, 0.25) is 0 Å². The zero-order valence-corrected chi connectivity index (χ0v) is 21.4. The van der Waals surface area contributed by atoms with Crippen LogP contribution < -0.4 is 14.6 Å². The van der Waals surface area contributed by atoms with E-state index in [1.54, 1.807) is 0 Å². The topological polar surface area (TPSA) is 41.0 Å². The SMILES string of the molecule is CCN(CC)c1ccc(C2CC(C=Cc3ccc(Oc4ccccc4)cc3)=NN2c2ccccn2)cc1. The summed E-state index contributed by atoms with van der Waals surface area (Å²) in [7, 11) is 0. The van der Waals surface area contributed by atoms with Crippen LogP contribution >= 0.6 is 0 Å². The lowest BCUT2D eigenvalue weighted by atomic mass is 10.0. The van der Waals surface area contributed by atoms with E-state index in [1.165, 1.54) is 11.3 Å². The number of aromatic nitrogens is 1. The van der Waals surface area contributed by atoms with Crippen LogP contribution in [0.15, 0.2) is 114 Å². The Morgan fingerprint density at radius 2 is 1.51 bits per heavy atom. The Labute approximate surface area is 219 Å². The number of pyridine rings is 1. The Bertz CT molecular complexity index is 1330. The molecule has 0 fully saturated rings. The summed E-state index contributed by atoms with van der Waals surface area (Å²) in [5.74, 6) is 2.50. The van der Waals surface area contributed by atoms with Crippen LogP contribution in [0.4, 0.5) is 11.5 Å². The number of benzene rings is 3. The van der Waals surface area contributed by atoms with E-state index in [2.05, 4.69) is 72.3 Å². The van der Waals surface area contributed by atoms with Gasteiger partial charge in [0.1, 0.15) is 17.3 Å². The molecule has 1 unspecified atom stereocenters. The molecule has 3 aromatic carbocycles. The standard InChI is InChI=1S/C32H32N4O/c1-3-35(4-2)28-19-16-26(17-20-28)31-24-27(34-36(31)32-12-8-9-23-33-32)18-13-25-14-21-30(22-15-25)37-29-10-6-5-7-11-29/h5-23,31H,3-4,24H2,1-2H3. The van der Waals surface area contributed by atoms with Gasteiger partial charge in [-0.05, 0) is 79.6 Å². The van der Waals surface area contributed by atoms with Gasteiger partial charge in [-0.15, -0.1) is 0 Å². The molecule has 37 heavy (non-hydrogen) atoms. The second kappa shape index (κ2) is 11.6. The number of para-hydroxylation sites is 1. The van der Waals surface area contributed by atoms with E-state index in [9.17, 15) is 0 Å². The minimum atomic E-state index is 0.0990. The summed E-state index contributed by atoms with van der Waals surface area (Å²) in [5.41, 5.74) is 4.60. The maximum atomic E-state index is 5.91. The molecule has 0 spiro atoms. The molecule has 0 N–H and O–H groups in total. The maximum Gasteiger partial charge on any atom is 0.149 e. The van der Waals surface area contributed by atoms with E-state index in [0.29, 0.717) is 0 Å². The second-order valence-electron chi connectivity index (χ2n) is 8.93. The van der Waals surface area contributed by atoms with Crippen LogP contribution in [0, 0.1) is 0 Å². The number of nitrogens with zero attached hydrogens (tertiary/aromatic N) is 4. The quantitative estimate of drug-likeness (QED) is 0.242. The lowest BCUT2D eigenvalue weighted by molar-refractivity contribution is 0.482. The van der Waals surface area contributed by atoms with Gasteiger partial charge in [0.25, 0.3) is 0 Å². The van der Waals surface area contributed by atoms with Gasteiger partial charge < -0.3 is 9.64 Å². The van der Waals surface area contributed by atoms with Gasteiger partial charge in [-0.3, -0.25) is 0 Å². The highest BCUT2D eigenvalue weighted by Gasteiger charge is 2.29. The summed E-state index contributed by atoms with van der Waals surface area (Å²) in [6.45, 7) is 6.37. The number of hydrogen-bond donors (Lipinski definition) is 0. The van der Waals surface area contributed by atoms with Crippen molar-refractivity contribution < 1.29 is 4.74 Å². The summed E-state index contributed by atoms with van der Waals surface area (Å²) in [6, 6.07) is 32.8. The number of hydrogen-bond acceptors (Lipinski definition) is 5. The highest BCUT2D eigenvalue weighted by molar-refractivity contribution is 6.01. The van der Waals surface area contributed by atoms with Crippen molar-refractivity contribution in [1.29, 1.82) is 0 Å². The van der Waals surface area contributed by atoms with E-state index in [1.807, 2.05) is 71.9 Å². The van der Waals surface area contributed by atoms with Crippen LogP contribution in [0.3, 0.4) is 0 Å². The molecule has 0 bridgehead atoms. The fourth-order valence-electron chi connectivity index (χ4n) is 4.55. The van der Waals surface area contributed by atoms with E-state index >= 15 is 0 Å². The summed E-state index contributed by atoms with van der Waals surface area (Å²) in [5, 5.41) is 7.00. The van der Waals surface area contributed by atoms with Crippen molar-refractivity contribution in [3.8, 4) is 11.5 Å². The minimum Gasteiger partial charge on any atom is -0.457 e. The normalized spacial score (nSPS) is 15.1. The first-order valence-electron chi connectivity index (χ1n) is 12.9. The summed E-state index contributed by atoms with van der Waals surface area (Å²) in [6.07, 6.45) is 6.84. The number of allylic oxidation sites excluding steroid dienone is 1. The van der Waals surface area contributed by atoms with Gasteiger partial charge in [-0.25, -0.2) is 9.99 Å². The van der Waals surface area contributed by atoms with Gasteiger partial charge in [-0.2, -0.15) is 5.10 Å². The van der Waals surface area contributed by atoms with Gasteiger partial charge in [0, 0.05) is 31.4 Å². The number of hydrazone groups is 1. The van der Waals surface area contributed by atoms with Gasteiger partial charge in [0.05, 0.1) is 11.8 Å². The summed E-state index contributed by atoms with van der Waals surface area (Å²) in [4.78, 5) is 6.94. The van der Waals surface area contributed by atoms with Crippen LogP contribution in [0.25, 0.3) is 6.08 Å². The zero-order chi connectivity index (χ0) is 25.5. The Hall–Kier alpha value is -4.38. The predicted molar refractivity (Wildman–Crippen MR) is 154 cm³/mol. The third-order valence-corrected chi connectivity index (χ3v) is 6.55. The van der Waals surface area contributed by atoms with Crippen molar-refractivity contribution in [2.24, 2.45) is 5.10 Å². The maximum absolute atomic E-state index is 5.91. The smallest absolute Gasteiger partial charge is 0.149 e. The fourth-order valence-corrected chi connectivity index (χ4v) is 4.55. The van der Waals surface area contributed by atoms with Gasteiger partial charge in [0.15, 0.2) is 0 Å². The molecule has 2 heterocycles. The highest BCUT2D eigenvalue weighted by Crippen LogP contribution is 2.35. The van der Waals surface area contributed by atoms with Crippen molar-refractivity contribution in [3.63, 3.8) is 0 Å². The van der Waals surface area contributed by atoms with Crippen molar-refractivity contribution >= 4 is 23.3 Å². The van der Waals surface area contributed by atoms with E-state index in [0.717, 1.165) is 48.1 Å². The van der Waals surface area contributed by atoms with Crippen LogP contribution in [0.1, 0.15) is 37.4 Å². The lowest BCUT2D eigenvalue weighted by Crippen LogP contribution is -2.22. The Balaban J connectivity index is 1.33. The molecule has 5 rings (SSSR count). The molecule has 1 atom stereocenters. The third kappa shape index (κ3) is 5.89. The molecule has 186 valence electrons. The molecule has 5 nitrogen and oxygen atoms in total. The van der Waals surface area contributed by atoms with E-state index in [4.69, 9.17) is 9.84 Å². The Morgan fingerprint density at radius 1 is 0.811 bits per heavy atom. The molecule has 0 saturated carbocycles. The fraction of sp³-hybridized carbons (Fsp3) is 0.188. The number of anilines is 2. The number of rotatable bonds is 9. The minimum absolute atomic E-state index is 0.0990. The average molecular weight is 489 g/mol. The molecule has 1 aliphatic heterocycles. The third-order valence-electron chi connectivity index (χ3n) is 6.55. The molecular weight excluding hydrogens is 456 g/mol. The summed E-state index contributed by atoms with van der Waals surface area (Å²) < 4.78 is 5.91. The second-order valence-corrected chi connectivity index (χ2v) is 8.93.